The molecule has 0 radical (unpaired) electrons. The van der Waals surface area contributed by atoms with E-state index in [1.54, 1.807) is 0 Å². The highest BCUT2D eigenvalue weighted by Crippen LogP contribution is 2.52. The molecule has 1 saturated heterocycles. The number of hydrogen-bond acceptors (Lipinski definition) is 3. The van der Waals surface area contributed by atoms with Gasteiger partial charge < -0.3 is 30.0 Å². The maximum atomic E-state index is 13.2. The van der Waals surface area contributed by atoms with E-state index in [1.807, 2.05) is 31.2 Å². The summed E-state index contributed by atoms with van der Waals surface area (Å²) >= 11 is 0. The largest absolute Gasteiger partial charge is 0.382 e. The molecule has 3 aliphatic rings. The molecule has 164 valence electrons. The Bertz CT molecular complexity index is 1710. The number of nitrogens with zero attached hydrogens (tertiary/aromatic N) is 2. The number of fused-ring (bicyclic) bond motifs is 13. The highest BCUT2D eigenvalue weighted by molar-refractivity contribution is 6.31. The van der Waals surface area contributed by atoms with Gasteiger partial charge >= 0.3 is 0 Å². The summed E-state index contributed by atoms with van der Waals surface area (Å²) in [5.74, 6) is -0.0268. The number of nitrogens with one attached hydrogen (secondary N) is 1. The second-order valence-electron chi connectivity index (χ2n) is 9.79. The Kier molecular flexibility index (Phi) is 3.05. The molecule has 0 aliphatic carbocycles. The number of para-hydroxylation sites is 2. The summed E-state index contributed by atoms with van der Waals surface area (Å²) in [6, 6.07) is 16.3. The maximum Gasteiger partial charge on any atom is 0.252 e. The first kappa shape index (κ1) is 18.1. The number of benzene rings is 3. The van der Waals surface area contributed by atoms with Crippen LogP contribution in [0.5, 0.6) is 0 Å². The van der Waals surface area contributed by atoms with Gasteiger partial charge in [0.1, 0.15) is 12.3 Å². The van der Waals surface area contributed by atoms with E-state index in [4.69, 9.17) is 4.74 Å². The van der Waals surface area contributed by atoms with Crippen LogP contribution in [0.2, 0.25) is 0 Å². The van der Waals surface area contributed by atoms with Crippen molar-refractivity contribution in [2.75, 3.05) is 0 Å². The lowest BCUT2D eigenvalue weighted by Gasteiger charge is -2.44. The van der Waals surface area contributed by atoms with E-state index in [0.29, 0.717) is 13.0 Å². The Hall–Kier alpha value is -3.39. The molecule has 0 unspecified atom stereocenters. The summed E-state index contributed by atoms with van der Waals surface area (Å²) in [7, 11) is 0. The topological polar surface area (TPSA) is 96.1 Å². The number of aromatic nitrogens is 2. The van der Waals surface area contributed by atoms with Crippen LogP contribution in [0.4, 0.5) is 0 Å². The first-order chi connectivity index (χ1) is 16.0. The fourth-order valence-electron chi connectivity index (χ4n) is 6.80. The fourth-order valence-corrected chi connectivity index (χ4v) is 6.80. The van der Waals surface area contributed by atoms with Crippen LogP contribution in [-0.4, -0.2) is 32.3 Å². The minimum absolute atomic E-state index is 0.0268. The van der Waals surface area contributed by atoms with Gasteiger partial charge in [0.15, 0.2) is 11.8 Å². The number of carbonyl (C=O) groups is 1. The second kappa shape index (κ2) is 5.56. The molecular formula is C26H23N4O3+. The van der Waals surface area contributed by atoms with Gasteiger partial charge in [-0.05, 0) is 24.6 Å². The van der Waals surface area contributed by atoms with Crippen LogP contribution in [0.1, 0.15) is 35.5 Å². The quantitative estimate of drug-likeness (QED) is 0.346. The van der Waals surface area contributed by atoms with Crippen LogP contribution in [0.3, 0.4) is 0 Å². The van der Waals surface area contributed by atoms with Gasteiger partial charge in [0.25, 0.3) is 5.91 Å². The summed E-state index contributed by atoms with van der Waals surface area (Å²) in [6.07, 6.45) is -0.475. The molecule has 0 spiro atoms. The van der Waals surface area contributed by atoms with Crippen molar-refractivity contribution in [3.05, 3.63) is 59.7 Å². The third-order valence-corrected chi connectivity index (χ3v) is 8.12. The van der Waals surface area contributed by atoms with Gasteiger partial charge in [-0.1, -0.05) is 36.4 Å². The van der Waals surface area contributed by atoms with Gasteiger partial charge in [-0.3, -0.25) is 4.79 Å². The molecule has 4 atom stereocenters. The summed E-state index contributed by atoms with van der Waals surface area (Å²) in [4.78, 5) is 13.2. The Balaban J connectivity index is 1.77. The molecule has 1 amide bonds. The minimum atomic E-state index is -0.992. The number of aliphatic hydroxyl groups excluding tert-OH is 1. The van der Waals surface area contributed by atoms with Crippen LogP contribution in [0.25, 0.3) is 43.6 Å². The van der Waals surface area contributed by atoms with E-state index >= 15 is 0 Å². The number of carbonyl (C=O) groups excluding carboxylic acids is 1. The minimum Gasteiger partial charge on any atom is -0.382 e. The number of ether oxygens (including phenoxy) is 1. The number of amides is 1. The predicted molar refractivity (Wildman–Crippen MR) is 125 cm³/mol. The standard InChI is InChI=1S/C26H22N4O3/c1-26-24(31)15(27)10-18(33-26)29-16-8-4-2-6-12(16)20-21-14(11-28-25(21)32)19-13-7-3-5-9-17(13)30(26)23(19)22(20)29/h2-9,15,18,24,31H,10-11,27H2,1H3,(H,28,32)/p+1/t15-,18-,24-,26+/m1/s1. The van der Waals surface area contributed by atoms with Crippen LogP contribution in [0, 0.1) is 0 Å². The molecule has 5 heterocycles. The van der Waals surface area contributed by atoms with Crippen LogP contribution >= 0.6 is 0 Å². The predicted octanol–water partition coefficient (Wildman–Crippen LogP) is 2.72. The second-order valence-corrected chi connectivity index (χ2v) is 9.79. The molecule has 5 N–H and O–H groups in total. The summed E-state index contributed by atoms with van der Waals surface area (Å²) in [6.45, 7) is 2.47. The number of aliphatic hydroxyl groups is 1. The van der Waals surface area contributed by atoms with E-state index in [2.05, 4.69) is 44.5 Å². The molecule has 2 aromatic heterocycles. The average Bonchev–Trinajstić information content (AvgIpc) is 3.45. The first-order valence-corrected chi connectivity index (χ1v) is 11.5. The Morgan fingerprint density at radius 3 is 2.55 bits per heavy atom. The zero-order chi connectivity index (χ0) is 22.2. The van der Waals surface area contributed by atoms with Gasteiger partial charge in [0.2, 0.25) is 0 Å². The molecule has 7 heteroatoms. The van der Waals surface area contributed by atoms with Crippen molar-refractivity contribution in [3.8, 4) is 0 Å². The van der Waals surface area contributed by atoms with E-state index in [1.165, 1.54) is 0 Å². The lowest BCUT2D eigenvalue weighted by molar-refractivity contribution is -0.475. The Morgan fingerprint density at radius 1 is 1.06 bits per heavy atom. The fraction of sp³-hybridized carbons (Fsp3) is 0.269. The molecule has 0 saturated carbocycles. The average molecular weight is 439 g/mol. The lowest BCUT2D eigenvalue weighted by Crippen LogP contribution is -2.73. The van der Waals surface area contributed by atoms with Crippen molar-refractivity contribution in [1.82, 2.24) is 14.5 Å². The third kappa shape index (κ3) is 1.85. The molecule has 8 rings (SSSR count). The molecular weight excluding hydrogens is 416 g/mol. The van der Waals surface area contributed by atoms with Crippen molar-refractivity contribution in [2.45, 2.75) is 44.0 Å². The number of hydrogen-bond donors (Lipinski definition) is 3. The molecule has 2 bridgehead atoms. The highest BCUT2D eigenvalue weighted by Gasteiger charge is 2.53. The van der Waals surface area contributed by atoms with Gasteiger partial charge in [-0.25, -0.2) is 0 Å². The zero-order valence-corrected chi connectivity index (χ0v) is 18.1. The van der Waals surface area contributed by atoms with Crippen molar-refractivity contribution in [1.29, 1.82) is 0 Å². The molecule has 3 aromatic carbocycles. The maximum absolute atomic E-state index is 13.2. The third-order valence-electron chi connectivity index (χ3n) is 8.12. The number of rotatable bonds is 0. The number of quaternary nitrogens is 1. The zero-order valence-electron chi connectivity index (χ0n) is 18.1. The van der Waals surface area contributed by atoms with Gasteiger partial charge in [-0.2, -0.15) is 0 Å². The van der Waals surface area contributed by atoms with Crippen molar-refractivity contribution < 1.29 is 20.4 Å². The molecule has 3 aliphatic heterocycles. The molecule has 7 nitrogen and oxygen atoms in total. The Labute approximate surface area is 188 Å². The highest BCUT2D eigenvalue weighted by atomic mass is 16.6. The summed E-state index contributed by atoms with van der Waals surface area (Å²) in [5, 5.41) is 18.7. The lowest BCUT2D eigenvalue weighted by atomic mass is 9.94. The molecule has 33 heavy (non-hydrogen) atoms. The normalized spacial score (nSPS) is 28.2. The first-order valence-electron chi connectivity index (χ1n) is 11.5. The van der Waals surface area contributed by atoms with Gasteiger partial charge in [-0.15, -0.1) is 0 Å². The van der Waals surface area contributed by atoms with Crippen LogP contribution in [-0.2, 0) is 17.0 Å². The van der Waals surface area contributed by atoms with Gasteiger partial charge in [0.05, 0.1) is 27.6 Å². The van der Waals surface area contributed by atoms with Crippen molar-refractivity contribution >= 4 is 49.5 Å². The van der Waals surface area contributed by atoms with E-state index in [0.717, 1.165) is 54.7 Å². The van der Waals surface area contributed by atoms with E-state index in [-0.39, 0.29) is 18.2 Å². The summed E-state index contributed by atoms with van der Waals surface area (Å²) < 4.78 is 11.2. The van der Waals surface area contributed by atoms with E-state index in [9.17, 15) is 9.90 Å². The van der Waals surface area contributed by atoms with Crippen LogP contribution in [0.15, 0.2) is 48.5 Å². The molecule has 1 fully saturated rings. The van der Waals surface area contributed by atoms with Crippen LogP contribution < -0.4 is 11.1 Å². The van der Waals surface area contributed by atoms with Crippen molar-refractivity contribution in [3.63, 3.8) is 0 Å². The van der Waals surface area contributed by atoms with Gasteiger partial charge in [0, 0.05) is 34.5 Å². The van der Waals surface area contributed by atoms with Crippen molar-refractivity contribution in [2.24, 2.45) is 0 Å². The monoisotopic (exact) mass is 439 g/mol. The molecule has 5 aromatic rings. The van der Waals surface area contributed by atoms with E-state index < -0.39 is 11.8 Å². The smallest absolute Gasteiger partial charge is 0.252 e. The Morgan fingerprint density at radius 2 is 1.76 bits per heavy atom. The SMILES string of the molecule is C[C@]12O[C@H](C[C@@H]([NH3+])[C@H]1O)n1c3ccccc3c3c4c(c5c6ccccc6n2c5c31)CNC4=O. The summed E-state index contributed by atoms with van der Waals surface area (Å²) in [5.41, 5.74) is 9.19.